The number of aromatic carboxylic acids is 1. The summed E-state index contributed by atoms with van der Waals surface area (Å²) in [4.78, 5) is 22.5. The monoisotopic (exact) mass is 285 g/mol. The predicted octanol–water partition coefficient (Wildman–Crippen LogP) is 1.45. The van der Waals surface area contributed by atoms with Crippen LogP contribution in [0, 0.1) is 0 Å². The van der Waals surface area contributed by atoms with E-state index in [1.165, 1.54) is 18.2 Å². The molecule has 0 saturated carbocycles. The highest BCUT2D eigenvalue weighted by Gasteiger charge is 2.03. The normalized spacial score (nSPS) is 10.7. The first-order chi connectivity index (χ1) is 10.0. The average Bonchev–Trinajstić information content (AvgIpc) is 2.89. The molecule has 2 rings (SSSR count). The molecule has 0 unspecified atom stereocenters. The number of carboxylic acids is 1. The summed E-state index contributed by atoms with van der Waals surface area (Å²) in [5, 5.41) is 15.6. The van der Waals surface area contributed by atoms with Crippen molar-refractivity contribution >= 4 is 18.0 Å². The maximum atomic E-state index is 11.7. The predicted molar refractivity (Wildman–Crippen MR) is 77.5 cm³/mol. The van der Waals surface area contributed by atoms with Gasteiger partial charge in [0.25, 0.3) is 0 Å². The Hall–Kier alpha value is -2.89. The van der Waals surface area contributed by atoms with E-state index in [4.69, 9.17) is 5.11 Å². The van der Waals surface area contributed by atoms with Crippen LogP contribution in [0.1, 0.15) is 21.5 Å². The van der Waals surface area contributed by atoms with Crippen LogP contribution in [-0.4, -0.2) is 26.8 Å². The van der Waals surface area contributed by atoms with Gasteiger partial charge in [-0.05, 0) is 23.8 Å². The SMILES string of the molecule is Cn1cc(/C=C/C(=O)NCc2cccc(C(=O)O)c2)cn1. The highest BCUT2D eigenvalue weighted by atomic mass is 16.4. The summed E-state index contributed by atoms with van der Waals surface area (Å²) in [7, 11) is 1.80. The number of nitrogens with one attached hydrogen (secondary N) is 1. The maximum absolute atomic E-state index is 11.7. The van der Waals surface area contributed by atoms with Crippen LogP contribution < -0.4 is 5.32 Å². The molecule has 1 aromatic heterocycles. The second kappa shape index (κ2) is 6.51. The van der Waals surface area contributed by atoms with E-state index in [0.717, 1.165) is 11.1 Å². The molecule has 108 valence electrons. The molecular weight excluding hydrogens is 270 g/mol. The van der Waals surface area contributed by atoms with Gasteiger partial charge in [0.1, 0.15) is 0 Å². The number of hydrogen-bond acceptors (Lipinski definition) is 3. The van der Waals surface area contributed by atoms with Crippen molar-refractivity contribution in [3.05, 3.63) is 59.4 Å². The number of carbonyl (C=O) groups excluding carboxylic acids is 1. The van der Waals surface area contributed by atoms with E-state index >= 15 is 0 Å². The number of benzene rings is 1. The summed E-state index contributed by atoms with van der Waals surface area (Å²) >= 11 is 0. The molecule has 2 aromatic rings. The van der Waals surface area contributed by atoms with Crippen molar-refractivity contribution in [1.29, 1.82) is 0 Å². The lowest BCUT2D eigenvalue weighted by atomic mass is 10.1. The second-order valence-corrected chi connectivity index (χ2v) is 4.50. The van der Waals surface area contributed by atoms with Crippen LogP contribution in [0.3, 0.4) is 0 Å². The molecule has 1 amide bonds. The molecule has 2 N–H and O–H groups in total. The van der Waals surface area contributed by atoms with E-state index in [-0.39, 0.29) is 18.0 Å². The molecule has 21 heavy (non-hydrogen) atoms. The van der Waals surface area contributed by atoms with Crippen LogP contribution in [0.15, 0.2) is 42.7 Å². The van der Waals surface area contributed by atoms with E-state index in [1.807, 2.05) is 0 Å². The summed E-state index contributed by atoms with van der Waals surface area (Å²) in [5.41, 5.74) is 1.77. The quantitative estimate of drug-likeness (QED) is 0.814. The second-order valence-electron chi connectivity index (χ2n) is 4.50. The number of aryl methyl sites for hydroxylation is 1. The number of carbonyl (C=O) groups is 2. The molecule has 0 radical (unpaired) electrons. The zero-order valence-electron chi connectivity index (χ0n) is 11.5. The van der Waals surface area contributed by atoms with Gasteiger partial charge in [0.15, 0.2) is 0 Å². The standard InChI is InChI=1S/C15H15N3O3/c1-18-10-12(9-17-18)5-6-14(19)16-8-11-3-2-4-13(7-11)15(20)21/h2-7,9-10H,8H2,1H3,(H,16,19)(H,20,21)/b6-5+. The molecule has 0 spiro atoms. The number of amides is 1. The Kier molecular flexibility index (Phi) is 4.50. The first-order valence-corrected chi connectivity index (χ1v) is 6.31. The van der Waals surface area contributed by atoms with Gasteiger partial charge in [-0.25, -0.2) is 4.79 Å². The van der Waals surface area contributed by atoms with Crippen molar-refractivity contribution in [3.8, 4) is 0 Å². The minimum absolute atomic E-state index is 0.202. The maximum Gasteiger partial charge on any atom is 0.335 e. The number of rotatable bonds is 5. The molecule has 1 heterocycles. The molecule has 6 nitrogen and oxygen atoms in total. The average molecular weight is 285 g/mol. The van der Waals surface area contributed by atoms with E-state index in [9.17, 15) is 9.59 Å². The molecule has 0 bridgehead atoms. The van der Waals surface area contributed by atoms with Gasteiger partial charge < -0.3 is 10.4 Å². The van der Waals surface area contributed by atoms with E-state index in [2.05, 4.69) is 10.4 Å². The summed E-state index contributed by atoms with van der Waals surface area (Å²) < 4.78 is 1.65. The van der Waals surface area contributed by atoms with Gasteiger partial charge in [0.05, 0.1) is 11.8 Å². The Morgan fingerprint density at radius 2 is 2.24 bits per heavy atom. The van der Waals surface area contributed by atoms with Gasteiger partial charge in [-0.15, -0.1) is 0 Å². The van der Waals surface area contributed by atoms with Crippen molar-refractivity contribution < 1.29 is 14.7 Å². The van der Waals surface area contributed by atoms with Crippen LogP contribution in [0.25, 0.3) is 6.08 Å². The lowest BCUT2D eigenvalue weighted by molar-refractivity contribution is -0.116. The van der Waals surface area contributed by atoms with Crippen LogP contribution in [0.2, 0.25) is 0 Å². The number of carboxylic acid groups (broad SMARTS) is 1. The molecule has 0 aliphatic rings. The van der Waals surface area contributed by atoms with Crippen LogP contribution in [0.4, 0.5) is 0 Å². The van der Waals surface area contributed by atoms with E-state index in [1.54, 1.807) is 42.3 Å². The van der Waals surface area contributed by atoms with Crippen molar-refractivity contribution in [2.75, 3.05) is 0 Å². The fourth-order valence-electron chi connectivity index (χ4n) is 1.76. The topological polar surface area (TPSA) is 84.2 Å². The summed E-state index contributed by atoms with van der Waals surface area (Å²) in [6.07, 6.45) is 6.52. The molecule has 0 aliphatic heterocycles. The Balaban J connectivity index is 1.90. The highest BCUT2D eigenvalue weighted by molar-refractivity contribution is 5.91. The molecule has 0 fully saturated rings. The molecule has 0 atom stereocenters. The smallest absolute Gasteiger partial charge is 0.335 e. The molecule has 6 heteroatoms. The molecular formula is C15H15N3O3. The Morgan fingerprint density at radius 1 is 1.43 bits per heavy atom. The number of hydrogen-bond donors (Lipinski definition) is 2. The lowest BCUT2D eigenvalue weighted by Gasteiger charge is -2.03. The summed E-state index contributed by atoms with van der Waals surface area (Å²) in [6, 6.07) is 6.46. The van der Waals surface area contributed by atoms with Crippen LogP contribution >= 0.6 is 0 Å². The third-order valence-corrected chi connectivity index (χ3v) is 2.79. The fraction of sp³-hybridized carbons (Fsp3) is 0.133. The van der Waals surface area contributed by atoms with Gasteiger partial charge in [0, 0.05) is 31.4 Å². The fourth-order valence-corrected chi connectivity index (χ4v) is 1.76. The van der Waals surface area contributed by atoms with Gasteiger partial charge in [0.2, 0.25) is 5.91 Å². The zero-order valence-corrected chi connectivity index (χ0v) is 11.5. The largest absolute Gasteiger partial charge is 0.478 e. The van der Waals surface area contributed by atoms with Gasteiger partial charge in [-0.1, -0.05) is 12.1 Å². The first kappa shape index (κ1) is 14.5. The van der Waals surface area contributed by atoms with Crippen molar-refractivity contribution in [2.45, 2.75) is 6.54 Å². The van der Waals surface area contributed by atoms with E-state index in [0.29, 0.717) is 0 Å². The van der Waals surface area contributed by atoms with E-state index < -0.39 is 5.97 Å². The number of nitrogens with zero attached hydrogens (tertiary/aromatic N) is 2. The highest BCUT2D eigenvalue weighted by Crippen LogP contribution is 2.05. The van der Waals surface area contributed by atoms with Gasteiger partial charge in [-0.3, -0.25) is 9.48 Å². The van der Waals surface area contributed by atoms with Crippen molar-refractivity contribution in [2.24, 2.45) is 7.05 Å². The Bertz CT molecular complexity index is 689. The Morgan fingerprint density at radius 3 is 2.90 bits per heavy atom. The summed E-state index contributed by atoms with van der Waals surface area (Å²) in [6.45, 7) is 0.275. The lowest BCUT2D eigenvalue weighted by Crippen LogP contribution is -2.20. The van der Waals surface area contributed by atoms with Crippen LogP contribution in [-0.2, 0) is 18.4 Å². The Labute approximate surface area is 121 Å². The molecule has 0 saturated heterocycles. The third kappa shape index (κ3) is 4.31. The van der Waals surface area contributed by atoms with Gasteiger partial charge in [-0.2, -0.15) is 5.10 Å². The number of aromatic nitrogens is 2. The van der Waals surface area contributed by atoms with Crippen molar-refractivity contribution in [1.82, 2.24) is 15.1 Å². The summed E-state index contributed by atoms with van der Waals surface area (Å²) in [5.74, 6) is -1.24. The minimum Gasteiger partial charge on any atom is -0.478 e. The van der Waals surface area contributed by atoms with Crippen LogP contribution in [0.5, 0.6) is 0 Å². The molecule has 1 aromatic carbocycles. The third-order valence-electron chi connectivity index (χ3n) is 2.79. The van der Waals surface area contributed by atoms with Gasteiger partial charge >= 0.3 is 5.97 Å². The van der Waals surface area contributed by atoms with Crippen molar-refractivity contribution in [3.63, 3.8) is 0 Å². The minimum atomic E-state index is -0.986. The molecule has 0 aliphatic carbocycles. The zero-order chi connectivity index (χ0) is 15.2. The first-order valence-electron chi connectivity index (χ1n) is 6.31.